The summed E-state index contributed by atoms with van der Waals surface area (Å²) < 4.78 is 5.30. The Labute approximate surface area is 129 Å². The number of halogens is 1. The van der Waals surface area contributed by atoms with E-state index in [2.05, 4.69) is 9.88 Å². The fraction of sp³-hybridized carbons (Fsp3) is 0.600. The molecule has 114 valence electrons. The molecule has 1 aromatic heterocycles. The van der Waals surface area contributed by atoms with Gasteiger partial charge in [-0.05, 0) is 18.6 Å². The molecule has 1 unspecified atom stereocenters. The Morgan fingerprint density at radius 2 is 2.14 bits per heavy atom. The van der Waals surface area contributed by atoms with Crippen molar-refractivity contribution in [1.29, 1.82) is 0 Å². The summed E-state index contributed by atoms with van der Waals surface area (Å²) in [5.41, 5.74) is 1.02. The van der Waals surface area contributed by atoms with Crippen molar-refractivity contribution in [2.75, 3.05) is 39.4 Å². The summed E-state index contributed by atoms with van der Waals surface area (Å²) in [6.07, 6.45) is 2.55. The van der Waals surface area contributed by atoms with E-state index in [0.29, 0.717) is 11.6 Å². The Morgan fingerprint density at radius 1 is 1.33 bits per heavy atom. The Morgan fingerprint density at radius 3 is 2.76 bits per heavy atom. The van der Waals surface area contributed by atoms with Gasteiger partial charge in [-0.25, -0.2) is 0 Å². The van der Waals surface area contributed by atoms with E-state index >= 15 is 0 Å². The molecule has 3 heterocycles. The number of rotatable bonds is 3. The lowest BCUT2D eigenvalue weighted by atomic mass is 10.1. The molecule has 5 nitrogen and oxygen atoms in total. The van der Waals surface area contributed by atoms with Crippen LogP contribution in [0.2, 0.25) is 5.02 Å². The van der Waals surface area contributed by atoms with Gasteiger partial charge < -0.3 is 9.64 Å². The van der Waals surface area contributed by atoms with Crippen LogP contribution >= 0.6 is 11.6 Å². The van der Waals surface area contributed by atoms with Gasteiger partial charge in [0, 0.05) is 45.5 Å². The lowest BCUT2D eigenvalue weighted by Gasteiger charge is -2.35. The number of ether oxygens (including phenoxy) is 1. The van der Waals surface area contributed by atoms with Crippen molar-refractivity contribution in [3.63, 3.8) is 0 Å². The standard InChI is InChI=1S/C15H20ClN3O2/c16-13-1-2-14(17-9-13)10-18-4-6-19(7-5-18)15(20)12-3-8-21-11-12/h1-2,9,12H,3-8,10-11H2. The van der Waals surface area contributed by atoms with Gasteiger partial charge in [0.1, 0.15) is 0 Å². The Kier molecular flexibility index (Phi) is 4.73. The maximum absolute atomic E-state index is 12.3. The fourth-order valence-electron chi connectivity index (χ4n) is 2.84. The monoisotopic (exact) mass is 309 g/mol. The quantitative estimate of drug-likeness (QED) is 0.847. The van der Waals surface area contributed by atoms with E-state index in [9.17, 15) is 4.79 Å². The van der Waals surface area contributed by atoms with Crippen LogP contribution in [0.4, 0.5) is 0 Å². The normalized spacial score (nSPS) is 23.5. The van der Waals surface area contributed by atoms with Gasteiger partial charge in [0.2, 0.25) is 5.91 Å². The van der Waals surface area contributed by atoms with E-state index in [1.807, 2.05) is 17.0 Å². The van der Waals surface area contributed by atoms with Crippen molar-refractivity contribution < 1.29 is 9.53 Å². The smallest absolute Gasteiger partial charge is 0.228 e. The van der Waals surface area contributed by atoms with Gasteiger partial charge in [-0.1, -0.05) is 11.6 Å². The molecule has 0 aliphatic carbocycles. The molecule has 3 rings (SSSR count). The predicted octanol–water partition coefficient (Wildman–Crippen LogP) is 1.42. The summed E-state index contributed by atoms with van der Waals surface area (Å²) in [7, 11) is 0. The Balaban J connectivity index is 1.48. The molecule has 21 heavy (non-hydrogen) atoms. The van der Waals surface area contributed by atoms with Crippen LogP contribution in [0.3, 0.4) is 0 Å². The summed E-state index contributed by atoms with van der Waals surface area (Å²) in [5.74, 6) is 0.339. The maximum Gasteiger partial charge on any atom is 0.228 e. The molecule has 0 spiro atoms. The van der Waals surface area contributed by atoms with E-state index in [4.69, 9.17) is 16.3 Å². The molecular formula is C15H20ClN3O2. The minimum atomic E-state index is 0.0782. The lowest BCUT2D eigenvalue weighted by Crippen LogP contribution is -2.50. The molecule has 2 aliphatic rings. The predicted molar refractivity (Wildman–Crippen MR) is 80.0 cm³/mol. The average molecular weight is 310 g/mol. The third kappa shape index (κ3) is 3.73. The summed E-state index contributed by atoms with van der Waals surface area (Å²) in [6, 6.07) is 3.82. The van der Waals surface area contributed by atoms with Crippen LogP contribution in [0, 0.1) is 5.92 Å². The van der Waals surface area contributed by atoms with Gasteiger partial charge in [-0.3, -0.25) is 14.7 Å². The third-order valence-corrected chi connectivity index (χ3v) is 4.36. The number of carbonyl (C=O) groups is 1. The highest BCUT2D eigenvalue weighted by molar-refractivity contribution is 6.30. The molecule has 0 N–H and O–H groups in total. The largest absolute Gasteiger partial charge is 0.381 e. The number of carbonyl (C=O) groups excluding carboxylic acids is 1. The highest BCUT2D eigenvalue weighted by Crippen LogP contribution is 2.17. The van der Waals surface area contributed by atoms with Crippen LogP contribution < -0.4 is 0 Å². The number of hydrogen-bond acceptors (Lipinski definition) is 4. The molecule has 0 saturated carbocycles. The molecule has 0 aromatic carbocycles. The van der Waals surface area contributed by atoms with Crippen LogP contribution in [0.5, 0.6) is 0 Å². The lowest BCUT2D eigenvalue weighted by molar-refractivity contribution is -0.137. The highest BCUT2D eigenvalue weighted by atomic mass is 35.5. The molecule has 1 atom stereocenters. The molecule has 6 heteroatoms. The molecule has 0 bridgehead atoms. The van der Waals surface area contributed by atoms with Crippen molar-refractivity contribution in [1.82, 2.24) is 14.8 Å². The van der Waals surface area contributed by atoms with Gasteiger partial charge in [0.15, 0.2) is 0 Å². The van der Waals surface area contributed by atoms with Crippen molar-refractivity contribution in [3.05, 3.63) is 29.0 Å². The van der Waals surface area contributed by atoms with Crippen LogP contribution in [0.25, 0.3) is 0 Å². The second-order valence-electron chi connectivity index (χ2n) is 5.63. The number of amides is 1. The second kappa shape index (κ2) is 6.73. The minimum Gasteiger partial charge on any atom is -0.381 e. The number of aromatic nitrogens is 1. The first-order valence-electron chi connectivity index (χ1n) is 7.42. The number of nitrogens with zero attached hydrogens (tertiary/aromatic N) is 3. The molecule has 1 amide bonds. The van der Waals surface area contributed by atoms with Crippen molar-refractivity contribution in [2.45, 2.75) is 13.0 Å². The van der Waals surface area contributed by atoms with Gasteiger partial charge in [0.25, 0.3) is 0 Å². The van der Waals surface area contributed by atoms with E-state index in [-0.39, 0.29) is 11.8 Å². The molecule has 2 fully saturated rings. The number of pyridine rings is 1. The summed E-state index contributed by atoms with van der Waals surface area (Å²) in [4.78, 5) is 20.9. The topological polar surface area (TPSA) is 45.7 Å². The zero-order valence-corrected chi connectivity index (χ0v) is 12.8. The fourth-order valence-corrected chi connectivity index (χ4v) is 2.95. The highest BCUT2D eigenvalue weighted by Gasteiger charge is 2.30. The molecular weight excluding hydrogens is 290 g/mol. The molecule has 2 aliphatic heterocycles. The average Bonchev–Trinajstić information content (AvgIpc) is 3.04. The van der Waals surface area contributed by atoms with Crippen molar-refractivity contribution in [2.24, 2.45) is 5.92 Å². The van der Waals surface area contributed by atoms with Crippen LogP contribution in [-0.2, 0) is 16.1 Å². The Bertz CT molecular complexity index is 480. The Hall–Kier alpha value is -1.17. The van der Waals surface area contributed by atoms with Crippen LogP contribution in [-0.4, -0.2) is 60.1 Å². The number of piperazine rings is 1. The first kappa shape index (κ1) is 14.8. The first-order valence-corrected chi connectivity index (χ1v) is 7.79. The maximum atomic E-state index is 12.3. The van der Waals surface area contributed by atoms with Gasteiger partial charge >= 0.3 is 0 Å². The van der Waals surface area contributed by atoms with Crippen molar-refractivity contribution >= 4 is 17.5 Å². The molecule has 1 aromatic rings. The second-order valence-corrected chi connectivity index (χ2v) is 6.07. The van der Waals surface area contributed by atoms with E-state index in [1.165, 1.54) is 0 Å². The summed E-state index contributed by atoms with van der Waals surface area (Å²) in [5, 5.41) is 0.660. The first-order chi connectivity index (χ1) is 10.2. The third-order valence-electron chi connectivity index (χ3n) is 4.14. The van der Waals surface area contributed by atoms with E-state index in [1.54, 1.807) is 6.20 Å². The molecule has 2 saturated heterocycles. The van der Waals surface area contributed by atoms with Gasteiger partial charge in [-0.2, -0.15) is 0 Å². The van der Waals surface area contributed by atoms with Crippen LogP contribution in [0.1, 0.15) is 12.1 Å². The van der Waals surface area contributed by atoms with Crippen molar-refractivity contribution in [3.8, 4) is 0 Å². The number of hydrogen-bond donors (Lipinski definition) is 0. The zero-order chi connectivity index (χ0) is 14.7. The van der Waals surface area contributed by atoms with Gasteiger partial charge in [-0.15, -0.1) is 0 Å². The van der Waals surface area contributed by atoms with Gasteiger partial charge in [0.05, 0.1) is 23.2 Å². The van der Waals surface area contributed by atoms with E-state index < -0.39 is 0 Å². The molecule has 0 radical (unpaired) electrons. The minimum absolute atomic E-state index is 0.0782. The zero-order valence-electron chi connectivity index (χ0n) is 12.0. The van der Waals surface area contributed by atoms with Crippen LogP contribution in [0.15, 0.2) is 18.3 Å². The summed E-state index contributed by atoms with van der Waals surface area (Å²) in [6.45, 7) is 5.50. The van der Waals surface area contributed by atoms with E-state index in [0.717, 1.165) is 51.4 Å². The summed E-state index contributed by atoms with van der Waals surface area (Å²) >= 11 is 5.84. The SMILES string of the molecule is O=C(C1CCOC1)N1CCN(Cc2ccc(Cl)cn2)CC1.